The van der Waals surface area contributed by atoms with Gasteiger partial charge in [-0.05, 0) is 43.4 Å². The minimum atomic E-state index is -0.220. The van der Waals surface area contributed by atoms with Crippen molar-refractivity contribution in [2.45, 2.75) is 51.5 Å². The third-order valence-electron chi connectivity index (χ3n) is 4.02. The average molecular weight is 211 g/mol. The van der Waals surface area contributed by atoms with E-state index in [4.69, 9.17) is 10.5 Å². The van der Waals surface area contributed by atoms with Gasteiger partial charge < -0.3 is 10.5 Å². The number of esters is 1. The lowest BCUT2D eigenvalue weighted by atomic mass is 9.76. The first-order chi connectivity index (χ1) is 7.11. The van der Waals surface area contributed by atoms with E-state index < -0.39 is 0 Å². The molecule has 0 heterocycles. The lowest BCUT2D eigenvalue weighted by Gasteiger charge is -2.32. The Labute approximate surface area is 91.4 Å². The molecule has 0 aromatic rings. The fraction of sp³-hybridized carbons (Fsp3) is 0.917. The van der Waals surface area contributed by atoms with Crippen LogP contribution in [0.15, 0.2) is 0 Å². The number of hydrogen-bond acceptors (Lipinski definition) is 3. The molecule has 2 atom stereocenters. The number of ether oxygens (including phenoxy) is 1. The van der Waals surface area contributed by atoms with Crippen molar-refractivity contribution in [1.29, 1.82) is 0 Å². The average Bonchev–Trinajstić information content (AvgIpc) is 2.94. The Kier molecular flexibility index (Phi) is 3.01. The Bertz CT molecular complexity index is 248. The number of hydrogen-bond donors (Lipinski definition) is 1. The molecule has 0 bridgehead atoms. The van der Waals surface area contributed by atoms with E-state index in [0.717, 1.165) is 0 Å². The quantitative estimate of drug-likeness (QED) is 0.725. The normalized spacial score (nSPS) is 29.9. The molecule has 2 N–H and O–H groups in total. The molecule has 0 aromatic heterocycles. The molecule has 86 valence electrons. The fourth-order valence-corrected chi connectivity index (χ4v) is 2.85. The van der Waals surface area contributed by atoms with E-state index in [1.807, 2.05) is 0 Å². The van der Waals surface area contributed by atoms with Crippen molar-refractivity contribution >= 4 is 5.97 Å². The minimum Gasteiger partial charge on any atom is -0.464 e. The zero-order chi connectivity index (χ0) is 10.9. The zero-order valence-corrected chi connectivity index (χ0v) is 9.50. The molecule has 0 radical (unpaired) electrons. The van der Waals surface area contributed by atoms with Crippen LogP contribution in [-0.2, 0) is 9.53 Å². The van der Waals surface area contributed by atoms with E-state index in [-0.39, 0.29) is 12.0 Å². The number of carbonyl (C=O) groups is 1. The van der Waals surface area contributed by atoms with Crippen LogP contribution < -0.4 is 5.73 Å². The molecule has 0 amide bonds. The largest absolute Gasteiger partial charge is 0.464 e. The first kappa shape index (κ1) is 10.9. The van der Waals surface area contributed by atoms with Gasteiger partial charge in [0.15, 0.2) is 0 Å². The van der Waals surface area contributed by atoms with E-state index in [1.54, 1.807) is 0 Å². The van der Waals surface area contributed by atoms with Gasteiger partial charge in [0.05, 0.1) is 0 Å². The van der Waals surface area contributed by atoms with Gasteiger partial charge in [0.2, 0.25) is 0 Å². The maximum atomic E-state index is 10.7. The van der Waals surface area contributed by atoms with Crippen molar-refractivity contribution in [3.05, 3.63) is 0 Å². The summed E-state index contributed by atoms with van der Waals surface area (Å²) < 4.78 is 4.98. The van der Waals surface area contributed by atoms with Crippen LogP contribution in [-0.4, -0.2) is 18.6 Å². The molecule has 1 spiro atoms. The molecule has 0 unspecified atom stereocenters. The van der Waals surface area contributed by atoms with Crippen LogP contribution in [0, 0.1) is 11.3 Å². The Balaban J connectivity index is 1.79. The fourth-order valence-electron chi connectivity index (χ4n) is 2.85. The Hall–Kier alpha value is -0.570. The molecule has 15 heavy (non-hydrogen) atoms. The highest BCUT2D eigenvalue weighted by atomic mass is 16.5. The van der Waals surface area contributed by atoms with E-state index >= 15 is 0 Å². The van der Waals surface area contributed by atoms with Gasteiger partial charge in [-0.15, -0.1) is 0 Å². The van der Waals surface area contributed by atoms with E-state index in [0.29, 0.717) is 17.9 Å². The van der Waals surface area contributed by atoms with Gasteiger partial charge in [-0.25, -0.2) is 0 Å². The molecule has 3 heteroatoms. The van der Waals surface area contributed by atoms with Crippen molar-refractivity contribution in [3.63, 3.8) is 0 Å². The highest BCUT2D eigenvalue weighted by Gasteiger charge is 2.46. The lowest BCUT2D eigenvalue weighted by molar-refractivity contribution is -0.141. The summed E-state index contributed by atoms with van der Waals surface area (Å²) >= 11 is 0. The summed E-state index contributed by atoms with van der Waals surface area (Å²) in [6, 6.07) is 0.0478. The summed E-state index contributed by atoms with van der Waals surface area (Å²) in [6.07, 6.45) is 7.95. The second-order valence-corrected chi connectivity index (χ2v) is 5.32. The number of nitrogens with two attached hydrogens (primary N) is 1. The molecule has 2 rings (SSSR count). The third kappa shape index (κ3) is 2.71. The van der Waals surface area contributed by atoms with Crippen LogP contribution >= 0.6 is 0 Å². The smallest absolute Gasteiger partial charge is 0.302 e. The first-order valence-electron chi connectivity index (χ1n) is 6.00. The molecule has 2 aliphatic carbocycles. The third-order valence-corrected chi connectivity index (χ3v) is 4.02. The van der Waals surface area contributed by atoms with Gasteiger partial charge in [0.25, 0.3) is 0 Å². The van der Waals surface area contributed by atoms with Gasteiger partial charge in [-0.1, -0.05) is 6.42 Å². The summed E-state index contributed by atoms with van der Waals surface area (Å²) in [5.74, 6) is 0.350. The second kappa shape index (κ2) is 4.12. The molecule has 3 nitrogen and oxygen atoms in total. The van der Waals surface area contributed by atoms with Gasteiger partial charge >= 0.3 is 5.97 Å². The summed E-state index contributed by atoms with van der Waals surface area (Å²) in [6.45, 7) is 1.84. The molecular formula is C12H21NO2. The predicted octanol–water partition coefficient (Wildman–Crippen LogP) is 1.85. The van der Waals surface area contributed by atoms with Crippen LogP contribution in [0.5, 0.6) is 0 Å². The highest BCUT2D eigenvalue weighted by molar-refractivity contribution is 5.65. The van der Waals surface area contributed by atoms with Crippen LogP contribution in [0.1, 0.15) is 45.4 Å². The summed E-state index contributed by atoms with van der Waals surface area (Å²) in [4.78, 5) is 10.7. The van der Waals surface area contributed by atoms with E-state index in [1.165, 1.54) is 45.4 Å². The molecule has 0 aliphatic heterocycles. The van der Waals surface area contributed by atoms with Crippen LogP contribution in [0.3, 0.4) is 0 Å². The zero-order valence-electron chi connectivity index (χ0n) is 9.50. The monoisotopic (exact) mass is 211 g/mol. The number of carbonyl (C=O) groups excluding carboxylic acids is 1. The maximum absolute atomic E-state index is 10.7. The van der Waals surface area contributed by atoms with Crippen LogP contribution in [0.2, 0.25) is 0 Å². The van der Waals surface area contributed by atoms with Crippen molar-refractivity contribution < 1.29 is 9.53 Å². The van der Waals surface area contributed by atoms with Crippen LogP contribution in [0.4, 0.5) is 0 Å². The van der Waals surface area contributed by atoms with Crippen molar-refractivity contribution in [2.75, 3.05) is 6.61 Å². The van der Waals surface area contributed by atoms with E-state index in [9.17, 15) is 4.79 Å². The Morgan fingerprint density at radius 1 is 1.53 bits per heavy atom. The van der Waals surface area contributed by atoms with Gasteiger partial charge in [-0.2, -0.15) is 0 Å². The van der Waals surface area contributed by atoms with Crippen molar-refractivity contribution in [2.24, 2.45) is 17.1 Å². The second-order valence-electron chi connectivity index (χ2n) is 5.32. The summed E-state index contributed by atoms with van der Waals surface area (Å²) in [7, 11) is 0. The summed E-state index contributed by atoms with van der Waals surface area (Å²) in [5.41, 5.74) is 6.72. The molecule has 2 fully saturated rings. The van der Waals surface area contributed by atoms with Gasteiger partial charge in [0.1, 0.15) is 6.61 Å². The minimum absolute atomic E-state index is 0.0478. The molecule has 0 saturated heterocycles. The Morgan fingerprint density at radius 2 is 2.27 bits per heavy atom. The highest BCUT2D eigenvalue weighted by Crippen LogP contribution is 2.57. The van der Waals surface area contributed by atoms with Gasteiger partial charge in [-0.3, -0.25) is 4.79 Å². The SMILES string of the molecule is CC(=O)OC[C@@H](N)[C@H]1CCCC2(CC2)C1. The maximum Gasteiger partial charge on any atom is 0.302 e. The number of rotatable bonds is 3. The first-order valence-corrected chi connectivity index (χ1v) is 6.00. The summed E-state index contributed by atoms with van der Waals surface area (Å²) in [5, 5.41) is 0. The van der Waals surface area contributed by atoms with Gasteiger partial charge in [0, 0.05) is 13.0 Å². The molecule has 2 aliphatic rings. The van der Waals surface area contributed by atoms with Crippen LogP contribution in [0.25, 0.3) is 0 Å². The topological polar surface area (TPSA) is 52.3 Å². The predicted molar refractivity (Wildman–Crippen MR) is 58.2 cm³/mol. The lowest BCUT2D eigenvalue weighted by Crippen LogP contribution is -2.38. The Morgan fingerprint density at radius 3 is 2.87 bits per heavy atom. The van der Waals surface area contributed by atoms with Crippen molar-refractivity contribution in [3.8, 4) is 0 Å². The van der Waals surface area contributed by atoms with Crippen molar-refractivity contribution in [1.82, 2.24) is 0 Å². The molecule has 0 aromatic carbocycles. The molecule has 2 saturated carbocycles. The standard InChI is InChI=1S/C12H21NO2/c1-9(14)15-8-11(13)10-3-2-4-12(7-10)5-6-12/h10-11H,2-8,13H2,1H3/t10-,11+/m0/s1. The van der Waals surface area contributed by atoms with E-state index in [2.05, 4.69) is 0 Å². The molecular weight excluding hydrogens is 190 g/mol.